The van der Waals surface area contributed by atoms with Crippen molar-refractivity contribution in [1.82, 2.24) is 14.7 Å². The van der Waals surface area contributed by atoms with Crippen LogP contribution < -0.4 is 5.56 Å². The molecule has 0 bridgehead atoms. The molecule has 0 radical (unpaired) electrons. The fourth-order valence-corrected chi connectivity index (χ4v) is 3.27. The predicted molar refractivity (Wildman–Crippen MR) is 93.0 cm³/mol. The summed E-state index contributed by atoms with van der Waals surface area (Å²) in [6.07, 6.45) is 4.20. The van der Waals surface area contributed by atoms with Crippen LogP contribution in [0.15, 0.2) is 47.3 Å². The van der Waals surface area contributed by atoms with Crippen LogP contribution in [0.1, 0.15) is 48.7 Å². The van der Waals surface area contributed by atoms with Gasteiger partial charge in [-0.2, -0.15) is 5.10 Å². The van der Waals surface area contributed by atoms with E-state index in [1.807, 2.05) is 35.2 Å². The minimum atomic E-state index is -0.193. The standard InChI is InChI=1S/C19H23N3O2/c1-2-16-10-6-7-13-21(16)19(24)17-11-12-18(23)22(20-17)14-15-8-4-3-5-9-15/h3-5,8-9,11-12,16H,2,6-7,10,13-14H2,1H3. The number of likely N-dealkylation sites (tertiary alicyclic amines) is 1. The van der Waals surface area contributed by atoms with Gasteiger partial charge in [-0.25, -0.2) is 4.68 Å². The summed E-state index contributed by atoms with van der Waals surface area (Å²) in [5.74, 6) is -0.0663. The smallest absolute Gasteiger partial charge is 0.274 e. The van der Waals surface area contributed by atoms with Gasteiger partial charge in [-0.3, -0.25) is 9.59 Å². The quantitative estimate of drug-likeness (QED) is 0.868. The van der Waals surface area contributed by atoms with E-state index in [0.29, 0.717) is 12.2 Å². The Bertz CT molecular complexity index is 755. The highest BCUT2D eigenvalue weighted by atomic mass is 16.2. The minimum Gasteiger partial charge on any atom is -0.334 e. The number of hydrogen-bond donors (Lipinski definition) is 0. The molecule has 0 aliphatic carbocycles. The molecule has 0 N–H and O–H groups in total. The summed E-state index contributed by atoms with van der Waals surface area (Å²) >= 11 is 0. The number of piperidine rings is 1. The molecule has 0 spiro atoms. The summed E-state index contributed by atoms with van der Waals surface area (Å²) < 4.78 is 1.37. The lowest BCUT2D eigenvalue weighted by Gasteiger charge is -2.35. The van der Waals surface area contributed by atoms with Crippen LogP contribution in [0.3, 0.4) is 0 Å². The molecule has 24 heavy (non-hydrogen) atoms. The molecule has 1 amide bonds. The molecule has 1 aromatic carbocycles. The zero-order chi connectivity index (χ0) is 16.9. The highest BCUT2D eigenvalue weighted by Gasteiger charge is 2.27. The van der Waals surface area contributed by atoms with Gasteiger partial charge in [0.2, 0.25) is 0 Å². The molecule has 5 heteroatoms. The predicted octanol–water partition coefficient (Wildman–Crippen LogP) is 2.70. The third-order valence-corrected chi connectivity index (χ3v) is 4.62. The molecule has 1 atom stereocenters. The van der Waals surface area contributed by atoms with Gasteiger partial charge in [-0.1, -0.05) is 37.3 Å². The van der Waals surface area contributed by atoms with E-state index < -0.39 is 0 Å². The molecule has 1 fully saturated rings. The van der Waals surface area contributed by atoms with Crippen molar-refractivity contribution in [3.05, 3.63) is 64.1 Å². The maximum Gasteiger partial charge on any atom is 0.274 e. The summed E-state index contributed by atoms with van der Waals surface area (Å²) in [5, 5.41) is 4.32. The van der Waals surface area contributed by atoms with Crippen LogP contribution in [0.2, 0.25) is 0 Å². The van der Waals surface area contributed by atoms with Crippen molar-refractivity contribution in [2.24, 2.45) is 0 Å². The summed E-state index contributed by atoms with van der Waals surface area (Å²) in [6.45, 7) is 3.26. The van der Waals surface area contributed by atoms with Crippen molar-refractivity contribution in [2.75, 3.05) is 6.54 Å². The second-order valence-corrected chi connectivity index (χ2v) is 6.26. The molecule has 1 aliphatic heterocycles. The van der Waals surface area contributed by atoms with Crippen LogP contribution in [0.5, 0.6) is 0 Å². The highest BCUT2D eigenvalue weighted by molar-refractivity contribution is 5.92. The normalized spacial score (nSPS) is 17.7. The summed E-state index contributed by atoms with van der Waals surface area (Å²) in [7, 11) is 0. The molecule has 1 aliphatic rings. The monoisotopic (exact) mass is 325 g/mol. The van der Waals surface area contributed by atoms with E-state index in [0.717, 1.165) is 31.4 Å². The minimum absolute atomic E-state index is 0.0663. The topological polar surface area (TPSA) is 55.2 Å². The fourth-order valence-electron chi connectivity index (χ4n) is 3.27. The average Bonchev–Trinajstić information content (AvgIpc) is 2.64. The Morgan fingerprint density at radius 1 is 1.17 bits per heavy atom. The van der Waals surface area contributed by atoms with Gasteiger partial charge >= 0.3 is 0 Å². The largest absolute Gasteiger partial charge is 0.334 e. The van der Waals surface area contributed by atoms with E-state index >= 15 is 0 Å². The summed E-state index contributed by atoms with van der Waals surface area (Å²) in [4.78, 5) is 26.8. The molecule has 2 aromatic rings. The summed E-state index contributed by atoms with van der Waals surface area (Å²) in [6, 6.07) is 12.9. The average molecular weight is 325 g/mol. The van der Waals surface area contributed by atoms with Crippen molar-refractivity contribution in [3.8, 4) is 0 Å². The number of carbonyl (C=O) groups excluding carboxylic acids is 1. The Balaban J connectivity index is 1.85. The number of benzene rings is 1. The van der Waals surface area contributed by atoms with E-state index in [2.05, 4.69) is 12.0 Å². The number of rotatable bonds is 4. The molecule has 1 unspecified atom stereocenters. The van der Waals surface area contributed by atoms with Crippen molar-refractivity contribution < 1.29 is 4.79 Å². The lowest BCUT2D eigenvalue weighted by molar-refractivity contribution is 0.0599. The van der Waals surface area contributed by atoms with Crippen LogP contribution >= 0.6 is 0 Å². The lowest BCUT2D eigenvalue weighted by atomic mass is 9.99. The molecule has 2 heterocycles. The van der Waals surface area contributed by atoms with E-state index in [9.17, 15) is 9.59 Å². The lowest BCUT2D eigenvalue weighted by Crippen LogP contribution is -2.44. The first-order valence-electron chi connectivity index (χ1n) is 8.62. The van der Waals surface area contributed by atoms with Gasteiger partial charge in [-0.05, 0) is 37.3 Å². The SMILES string of the molecule is CCC1CCCCN1C(=O)c1ccc(=O)n(Cc2ccccc2)n1. The molecule has 1 saturated heterocycles. The Kier molecular flexibility index (Phi) is 5.08. The van der Waals surface area contributed by atoms with Gasteiger partial charge in [0.15, 0.2) is 0 Å². The molecule has 1 aromatic heterocycles. The molecular weight excluding hydrogens is 302 g/mol. The van der Waals surface area contributed by atoms with E-state index in [-0.39, 0.29) is 17.5 Å². The third-order valence-electron chi connectivity index (χ3n) is 4.62. The molecule has 126 valence electrons. The number of amides is 1. The van der Waals surface area contributed by atoms with Crippen LogP contribution in [-0.2, 0) is 6.54 Å². The van der Waals surface area contributed by atoms with Gasteiger partial charge in [0.05, 0.1) is 6.54 Å². The maximum absolute atomic E-state index is 12.8. The van der Waals surface area contributed by atoms with E-state index in [4.69, 9.17) is 0 Å². The van der Waals surface area contributed by atoms with Crippen LogP contribution in [-0.4, -0.2) is 33.2 Å². The van der Waals surface area contributed by atoms with Crippen LogP contribution in [0.25, 0.3) is 0 Å². The van der Waals surface area contributed by atoms with Crippen LogP contribution in [0.4, 0.5) is 0 Å². The van der Waals surface area contributed by atoms with Gasteiger partial charge in [-0.15, -0.1) is 0 Å². The van der Waals surface area contributed by atoms with E-state index in [1.165, 1.54) is 17.2 Å². The second-order valence-electron chi connectivity index (χ2n) is 6.26. The van der Waals surface area contributed by atoms with Crippen molar-refractivity contribution >= 4 is 5.91 Å². The highest BCUT2D eigenvalue weighted by Crippen LogP contribution is 2.21. The van der Waals surface area contributed by atoms with Crippen molar-refractivity contribution in [2.45, 2.75) is 45.2 Å². The van der Waals surface area contributed by atoms with Crippen LogP contribution in [0, 0.1) is 0 Å². The number of carbonyl (C=O) groups is 1. The summed E-state index contributed by atoms with van der Waals surface area (Å²) in [5.41, 5.74) is 1.15. The Morgan fingerprint density at radius 2 is 1.96 bits per heavy atom. The van der Waals surface area contributed by atoms with Gasteiger partial charge in [0.25, 0.3) is 11.5 Å². The molecule has 3 rings (SSSR count). The first-order valence-corrected chi connectivity index (χ1v) is 8.62. The maximum atomic E-state index is 12.8. The Labute approximate surface area is 141 Å². The third kappa shape index (κ3) is 3.55. The zero-order valence-electron chi connectivity index (χ0n) is 14.0. The van der Waals surface area contributed by atoms with Crippen molar-refractivity contribution in [3.63, 3.8) is 0 Å². The molecular formula is C19H23N3O2. The Hall–Kier alpha value is -2.43. The second kappa shape index (κ2) is 7.43. The van der Waals surface area contributed by atoms with E-state index in [1.54, 1.807) is 6.07 Å². The zero-order valence-corrected chi connectivity index (χ0v) is 14.0. The Morgan fingerprint density at radius 3 is 2.71 bits per heavy atom. The van der Waals surface area contributed by atoms with Gasteiger partial charge in [0.1, 0.15) is 5.69 Å². The van der Waals surface area contributed by atoms with Gasteiger partial charge < -0.3 is 4.90 Å². The molecule has 0 saturated carbocycles. The first-order chi connectivity index (χ1) is 11.7. The van der Waals surface area contributed by atoms with Gasteiger partial charge in [0, 0.05) is 18.7 Å². The fraction of sp³-hybridized carbons (Fsp3) is 0.421. The number of aromatic nitrogens is 2. The van der Waals surface area contributed by atoms with Crippen molar-refractivity contribution in [1.29, 1.82) is 0 Å². The molecule has 5 nitrogen and oxygen atoms in total. The first kappa shape index (κ1) is 16.4. The number of nitrogens with zero attached hydrogens (tertiary/aromatic N) is 3. The number of hydrogen-bond acceptors (Lipinski definition) is 3.